The van der Waals surface area contributed by atoms with E-state index >= 15 is 0 Å². The molecule has 2 rings (SSSR count). The smallest absolute Gasteiger partial charge is 0.373 e. The van der Waals surface area contributed by atoms with Crippen LogP contribution in [-0.2, 0) is 33.3 Å². The summed E-state index contributed by atoms with van der Waals surface area (Å²) in [5.41, 5.74) is 1.82. The molecule has 0 aromatic rings. The minimum Gasteiger partial charge on any atom is -0.490 e. The predicted octanol–water partition coefficient (Wildman–Crippen LogP) is 6.34. The van der Waals surface area contributed by atoms with Crippen molar-refractivity contribution in [3.8, 4) is 12.3 Å². The van der Waals surface area contributed by atoms with Crippen LogP contribution in [0.25, 0.3) is 0 Å². The van der Waals surface area contributed by atoms with E-state index in [1.165, 1.54) is 14.2 Å². The van der Waals surface area contributed by atoms with E-state index in [-0.39, 0.29) is 47.9 Å². The zero-order valence-corrected chi connectivity index (χ0v) is 31.6. The molecule has 0 spiro atoms. The fourth-order valence-electron chi connectivity index (χ4n) is 7.08. The van der Waals surface area contributed by atoms with E-state index in [1.807, 2.05) is 72.8 Å². The van der Waals surface area contributed by atoms with Gasteiger partial charge in [0.15, 0.2) is 0 Å². The Morgan fingerprint density at radius 3 is 2.37 bits per heavy atom. The van der Waals surface area contributed by atoms with Crippen molar-refractivity contribution in [2.45, 2.75) is 131 Å². The molecule has 0 amide bonds. The first-order valence-corrected chi connectivity index (χ1v) is 17.7. The summed E-state index contributed by atoms with van der Waals surface area (Å²) in [6.07, 6.45) is 11.8. The highest BCUT2D eigenvalue weighted by atomic mass is 16.6. The number of aliphatic hydroxyl groups is 2. The number of carbonyl (C=O) groups excluding carboxylic acids is 2. The second-order valence-electron chi connectivity index (χ2n) is 14.5. The minimum atomic E-state index is -0.990. The normalized spacial score (nSPS) is 36.3. The number of ether oxygens (including phenoxy) is 5. The van der Waals surface area contributed by atoms with Gasteiger partial charge >= 0.3 is 11.9 Å². The van der Waals surface area contributed by atoms with Crippen LogP contribution in [0.3, 0.4) is 0 Å². The second kappa shape index (κ2) is 20.1. The van der Waals surface area contributed by atoms with Crippen LogP contribution in [-0.4, -0.2) is 79.1 Å². The molecule has 49 heavy (non-hydrogen) atoms. The van der Waals surface area contributed by atoms with E-state index < -0.39 is 54.4 Å². The van der Waals surface area contributed by atoms with Crippen molar-refractivity contribution in [1.29, 1.82) is 0 Å². The molecule has 2 aliphatic rings. The van der Waals surface area contributed by atoms with Crippen molar-refractivity contribution in [3.63, 3.8) is 0 Å². The van der Waals surface area contributed by atoms with Crippen molar-refractivity contribution in [2.24, 2.45) is 35.5 Å². The SMILES string of the molecule is C#CCCC(=O)O[C@@H]1C[C@H]([C@@H](C)[C@H](O)[C@H](C)[C@H]2OC(=O)/C(OC)=C/C(C)=C/[C@@H](C)[C@@H](O)[C@@H](C)C/C(C)=C/C=C/[C@@H]2OC)OC(C(C)C)[C@H]1C. The number of esters is 2. The summed E-state index contributed by atoms with van der Waals surface area (Å²) in [5.74, 6) is 0.329. The molecule has 0 aromatic heterocycles. The van der Waals surface area contributed by atoms with Gasteiger partial charge in [-0.1, -0.05) is 83.9 Å². The number of methoxy groups -OCH3 is 2. The van der Waals surface area contributed by atoms with Gasteiger partial charge in [0, 0.05) is 43.6 Å². The summed E-state index contributed by atoms with van der Waals surface area (Å²) < 4.78 is 30.0. The van der Waals surface area contributed by atoms with Crippen LogP contribution in [0, 0.1) is 47.9 Å². The average molecular weight is 687 g/mol. The highest BCUT2D eigenvalue weighted by Crippen LogP contribution is 2.37. The van der Waals surface area contributed by atoms with Crippen LogP contribution in [0.15, 0.2) is 47.3 Å². The first kappa shape index (κ1) is 42.3. The Balaban J connectivity index is 2.48. The van der Waals surface area contributed by atoms with Gasteiger partial charge in [0.1, 0.15) is 18.3 Å². The number of cyclic esters (lactones) is 1. The molecule has 0 aromatic carbocycles. The van der Waals surface area contributed by atoms with Gasteiger partial charge in [-0.25, -0.2) is 4.79 Å². The average Bonchev–Trinajstić information content (AvgIpc) is 3.05. The Hall–Kier alpha value is -2.90. The van der Waals surface area contributed by atoms with Crippen molar-refractivity contribution in [2.75, 3.05) is 14.2 Å². The molecule has 9 nitrogen and oxygen atoms in total. The van der Waals surface area contributed by atoms with Crippen LogP contribution in [0.2, 0.25) is 0 Å². The third-order valence-corrected chi connectivity index (χ3v) is 10.1. The number of terminal acetylenes is 1. The first-order valence-electron chi connectivity index (χ1n) is 17.7. The lowest BCUT2D eigenvalue weighted by atomic mass is 9.78. The zero-order valence-electron chi connectivity index (χ0n) is 31.6. The van der Waals surface area contributed by atoms with E-state index in [0.29, 0.717) is 19.3 Å². The highest BCUT2D eigenvalue weighted by Gasteiger charge is 2.45. The lowest BCUT2D eigenvalue weighted by Crippen LogP contribution is -2.52. The molecule has 1 fully saturated rings. The molecule has 9 heteroatoms. The molecular formula is C40H62O9. The highest BCUT2D eigenvalue weighted by molar-refractivity contribution is 5.87. The molecule has 12 atom stereocenters. The van der Waals surface area contributed by atoms with Crippen LogP contribution >= 0.6 is 0 Å². The largest absolute Gasteiger partial charge is 0.490 e. The summed E-state index contributed by atoms with van der Waals surface area (Å²) in [7, 11) is 2.93. The number of rotatable bonds is 10. The summed E-state index contributed by atoms with van der Waals surface area (Å²) in [6.45, 7) is 17.7. The van der Waals surface area contributed by atoms with Gasteiger partial charge in [0.2, 0.25) is 5.76 Å². The molecular weight excluding hydrogens is 624 g/mol. The molecule has 2 heterocycles. The molecule has 1 saturated heterocycles. The molecule has 0 saturated carbocycles. The zero-order chi connectivity index (χ0) is 37.0. The Labute approximate surface area is 295 Å². The first-order chi connectivity index (χ1) is 23.1. The predicted molar refractivity (Wildman–Crippen MR) is 191 cm³/mol. The van der Waals surface area contributed by atoms with E-state index in [4.69, 9.17) is 30.1 Å². The van der Waals surface area contributed by atoms with Crippen molar-refractivity contribution in [3.05, 3.63) is 47.3 Å². The second-order valence-corrected chi connectivity index (χ2v) is 14.5. The van der Waals surface area contributed by atoms with Crippen molar-refractivity contribution < 1.29 is 43.5 Å². The standard InChI is InChI=1S/C40H62O9/c1-13-14-18-35(41)47-33-22-32(48-38(23(2)3)29(33)9)28(8)37(43)30(10)39-31(45-11)17-15-16-24(4)19-26(6)36(42)27(7)20-25(5)21-34(46-12)40(44)49-39/h1,15-17,20-21,23,26-33,36-39,42-43H,14,18-19,22H2,2-12H3/b17-15+,24-16+,25-20+,34-21-/t26-,27+,28+,29-,30-,31-,32+,33+,36-,37-,38?,39+/m0/s1. The Kier molecular flexibility index (Phi) is 17.3. The lowest BCUT2D eigenvalue weighted by molar-refractivity contribution is -0.197. The van der Waals surface area contributed by atoms with Crippen LogP contribution < -0.4 is 0 Å². The Morgan fingerprint density at radius 1 is 1.10 bits per heavy atom. The van der Waals surface area contributed by atoms with Crippen LogP contribution in [0.5, 0.6) is 0 Å². The third-order valence-electron chi connectivity index (χ3n) is 10.1. The monoisotopic (exact) mass is 686 g/mol. The third kappa shape index (κ3) is 12.1. The molecule has 2 aliphatic heterocycles. The molecule has 276 valence electrons. The van der Waals surface area contributed by atoms with Gasteiger partial charge < -0.3 is 33.9 Å². The van der Waals surface area contributed by atoms with Crippen LogP contribution in [0.4, 0.5) is 0 Å². The van der Waals surface area contributed by atoms with Gasteiger partial charge in [0.25, 0.3) is 0 Å². The van der Waals surface area contributed by atoms with E-state index in [9.17, 15) is 19.8 Å². The molecule has 1 unspecified atom stereocenters. The molecule has 2 N–H and O–H groups in total. The summed E-state index contributed by atoms with van der Waals surface area (Å²) in [4.78, 5) is 26.2. The van der Waals surface area contributed by atoms with E-state index in [0.717, 1.165) is 11.1 Å². The number of carbonyl (C=O) groups is 2. The minimum absolute atomic E-state index is 0.00132. The number of aliphatic hydroxyl groups excluding tert-OH is 2. The Morgan fingerprint density at radius 2 is 1.78 bits per heavy atom. The quantitative estimate of drug-likeness (QED) is 0.201. The maximum atomic E-state index is 13.6. The summed E-state index contributed by atoms with van der Waals surface area (Å²) >= 11 is 0. The topological polar surface area (TPSA) is 121 Å². The molecule has 0 aliphatic carbocycles. The summed E-state index contributed by atoms with van der Waals surface area (Å²) in [6, 6.07) is 0. The van der Waals surface area contributed by atoms with Crippen LogP contribution in [0.1, 0.15) is 88.0 Å². The van der Waals surface area contributed by atoms with Gasteiger partial charge in [-0.15, -0.1) is 12.3 Å². The van der Waals surface area contributed by atoms with Gasteiger partial charge in [-0.05, 0) is 38.2 Å². The van der Waals surface area contributed by atoms with Gasteiger partial charge in [-0.2, -0.15) is 0 Å². The fourth-order valence-corrected chi connectivity index (χ4v) is 7.08. The Bertz CT molecular complexity index is 1240. The molecule has 0 bridgehead atoms. The van der Waals surface area contributed by atoms with Crippen molar-refractivity contribution >= 4 is 11.9 Å². The summed E-state index contributed by atoms with van der Waals surface area (Å²) in [5, 5.41) is 22.9. The number of allylic oxidation sites excluding steroid dienone is 5. The fraction of sp³-hybridized carbons (Fsp3) is 0.700. The maximum absolute atomic E-state index is 13.6. The van der Waals surface area contributed by atoms with E-state index in [1.54, 1.807) is 6.08 Å². The number of hydrogen-bond acceptors (Lipinski definition) is 9. The van der Waals surface area contributed by atoms with Gasteiger partial charge in [0.05, 0.1) is 37.9 Å². The van der Waals surface area contributed by atoms with Crippen molar-refractivity contribution in [1.82, 2.24) is 0 Å². The van der Waals surface area contributed by atoms with Gasteiger partial charge in [-0.3, -0.25) is 4.79 Å². The van der Waals surface area contributed by atoms with E-state index in [2.05, 4.69) is 19.8 Å². The maximum Gasteiger partial charge on any atom is 0.373 e. The molecule has 0 radical (unpaired) electrons. The lowest BCUT2D eigenvalue weighted by Gasteiger charge is -2.45. The number of hydrogen-bond donors (Lipinski definition) is 2.